The minimum absolute atomic E-state index is 0. The van der Waals surface area contributed by atoms with E-state index in [0.29, 0.717) is 10.6 Å². The average molecular weight is 279 g/mol. The van der Waals surface area contributed by atoms with Crippen LogP contribution in [-0.2, 0) is 0 Å². The zero-order chi connectivity index (χ0) is 12.1. The van der Waals surface area contributed by atoms with Crippen LogP contribution in [0.15, 0.2) is 18.2 Å². The van der Waals surface area contributed by atoms with Crippen molar-refractivity contribution in [1.29, 1.82) is 0 Å². The molecule has 0 aliphatic heterocycles. The Morgan fingerprint density at radius 1 is 1.53 bits per heavy atom. The van der Waals surface area contributed by atoms with Crippen molar-refractivity contribution in [3.63, 3.8) is 0 Å². The first-order valence-corrected chi connectivity index (χ1v) is 5.63. The number of rotatable bonds is 5. The predicted molar refractivity (Wildman–Crippen MR) is 71.8 cm³/mol. The first-order chi connectivity index (χ1) is 7.56. The van der Waals surface area contributed by atoms with E-state index < -0.39 is 4.92 Å². The van der Waals surface area contributed by atoms with Gasteiger partial charge in [0.15, 0.2) is 0 Å². The summed E-state index contributed by atoms with van der Waals surface area (Å²) in [6.45, 7) is 2.07. The second-order valence-corrected chi connectivity index (χ2v) is 4.12. The summed E-state index contributed by atoms with van der Waals surface area (Å²) in [6.07, 6.45) is 2.82. The molecule has 17 heavy (non-hydrogen) atoms. The molecule has 1 atom stereocenters. The fraction of sp³-hybridized carbons (Fsp3) is 0.455. The number of hydrogen-bond donors (Lipinski definition) is 1. The van der Waals surface area contributed by atoms with Gasteiger partial charge in [-0.15, -0.1) is 12.4 Å². The van der Waals surface area contributed by atoms with E-state index in [-0.39, 0.29) is 24.1 Å². The first-order valence-electron chi connectivity index (χ1n) is 5.25. The van der Waals surface area contributed by atoms with E-state index in [1.165, 1.54) is 18.2 Å². The average Bonchev–Trinajstić information content (AvgIpc) is 2.26. The predicted octanol–water partition coefficient (Wildman–Crippen LogP) is 3.86. The molecule has 4 nitrogen and oxygen atoms in total. The Bertz CT molecular complexity index is 386. The summed E-state index contributed by atoms with van der Waals surface area (Å²) < 4.78 is 0. The quantitative estimate of drug-likeness (QED) is 0.657. The second kappa shape index (κ2) is 7.48. The summed E-state index contributed by atoms with van der Waals surface area (Å²) in [5, 5.41) is 11.1. The Kier molecular flexibility index (Phi) is 7.11. The Labute approximate surface area is 112 Å². The Morgan fingerprint density at radius 2 is 2.18 bits per heavy atom. The molecule has 0 aliphatic carbocycles. The standard InChI is InChI=1S/C11H15ClN2O2.ClH/c1-2-3-4-11(13)9-7-8(14(15)16)5-6-10(9)12;/h5-7,11H,2-4,13H2,1H3;1H/t11-;/m0./s1. The highest BCUT2D eigenvalue weighted by Crippen LogP contribution is 2.28. The summed E-state index contributed by atoms with van der Waals surface area (Å²) in [5.74, 6) is 0. The molecular formula is C11H16Cl2N2O2. The molecular weight excluding hydrogens is 263 g/mol. The number of benzene rings is 1. The molecule has 0 aromatic heterocycles. The highest BCUT2D eigenvalue weighted by Gasteiger charge is 2.14. The molecule has 96 valence electrons. The summed E-state index contributed by atoms with van der Waals surface area (Å²) in [5.41, 5.74) is 6.63. The number of hydrogen-bond acceptors (Lipinski definition) is 3. The first kappa shape index (κ1) is 16.2. The van der Waals surface area contributed by atoms with Crippen LogP contribution in [0.4, 0.5) is 5.69 Å². The molecule has 0 radical (unpaired) electrons. The van der Waals surface area contributed by atoms with Crippen molar-refractivity contribution in [2.45, 2.75) is 32.2 Å². The molecule has 2 N–H and O–H groups in total. The lowest BCUT2D eigenvalue weighted by molar-refractivity contribution is -0.384. The van der Waals surface area contributed by atoms with Crippen LogP contribution in [-0.4, -0.2) is 4.92 Å². The van der Waals surface area contributed by atoms with Crippen LogP contribution in [0, 0.1) is 10.1 Å². The third-order valence-corrected chi connectivity index (χ3v) is 2.80. The van der Waals surface area contributed by atoms with E-state index in [4.69, 9.17) is 17.3 Å². The van der Waals surface area contributed by atoms with E-state index in [2.05, 4.69) is 6.92 Å². The molecule has 0 saturated carbocycles. The van der Waals surface area contributed by atoms with E-state index in [0.717, 1.165) is 19.3 Å². The van der Waals surface area contributed by atoms with Crippen molar-refractivity contribution < 1.29 is 4.92 Å². The van der Waals surface area contributed by atoms with Gasteiger partial charge in [-0.25, -0.2) is 0 Å². The lowest BCUT2D eigenvalue weighted by Crippen LogP contribution is -2.11. The number of unbranched alkanes of at least 4 members (excludes halogenated alkanes) is 1. The van der Waals surface area contributed by atoms with Gasteiger partial charge in [-0.1, -0.05) is 31.4 Å². The number of nitro benzene ring substituents is 1. The molecule has 0 unspecified atom stereocenters. The molecule has 0 bridgehead atoms. The van der Waals surface area contributed by atoms with Crippen molar-refractivity contribution in [3.8, 4) is 0 Å². The normalized spacial score (nSPS) is 11.7. The van der Waals surface area contributed by atoms with Crippen molar-refractivity contribution in [2.24, 2.45) is 5.73 Å². The van der Waals surface area contributed by atoms with Gasteiger partial charge in [0, 0.05) is 23.2 Å². The number of nitrogens with two attached hydrogens (primary N) is 1. The van der Waals surface area contributed by atoms with Gasteiger partial charge in [0.2, 0.25) is 0 Å². The summed E-state index contributed by atoms with van der Waals surface area (Å²) in [7, 11) is 0. The van der Waals surface area contributed by atoms with E-state index in [1.54, 1.807) is 0 Å². The van der Waals surface area contributed by atoms with Gasteiger partial charge in [0.25, 0.3) is 5.69 Å². The zero-order valence-corrected chi connectivity index (χ0v) is 11.1. The molecule has 1 aromatic carbocycles. The lowest BCUT2D eigenvalue weighted by Gasteiger charge is -2.12. The number of halogens is 2. The van der Waals surface area contributed by atoms with Crippen LogP contribution < -0.4 is 5.73 Å². The molecule has 0 spiro atoms. The van der Waals surface area contributed by atoms with Crippen LogP contribution in [0.3, 0.4) is 0 Å². The van der Waals surface area contributed by atoms with E-state index in [1.807, 2.05) is 0 Å². The molecule has 0 aliphatic rings. The van der Waals surface area contributed by atoms with Gasteiger partial charge in [0.05, 0.1) is 4.92 Å². The number of nitrogens with zero attached hydrogens (tertiary/aromatic N) is 1. The zero-order valence-electron chi connectivity index (χ0n) is 9.56. The highest BCUT2D eigenvalue weighted by molar-refractivity contribution is 6.31. The van der Waals surface area contributed by atoms with Gasteiger partial charge in [-0.3, -0.25) is 10.1 Å². The topological polar surface area (TPSA) is 69.2 Å². The smallest absolute Gasteiger partial charge is 0.269 e. The molecule has 1 rings (SSSR count). The fourth-order valence-corrected chi connectivity index (χ4v) is 1.77. The van der Waals surface area contributed by atoms with Crippen molar-refractivity contribution in [3.05, 3.63) is 38.9 Å². The third kappa shape index (κ3) is 4.50. The van der Waals surface area contributed by atoms with Gasteiger partial charge in [-0.05, 0) is 18.1 Å². The van der Waals surface area contributed by atoms with Crippen LogP contribution in [0.2, 0.25) is 5.02 Å². The largest absolute Gasteiger partial charge is 0.324 e. The molecule has 0 saturated heterocycles. The number of nitro groups is 1. The molecule has 0 heterocycles. The maximum Gasteiger partial charge on any atom is 0.269 e. The lowest BCUT2D eigenvalue weighted by atomic mass is 10.0. The van der Waals surface area contributed by atoms with Gasteiger partial charge >= 0.3 is 0 Å². The van der Waals surface area contributed by atoms with E-state index in [9.17, 15) is 10.1 Å². The summed E-state index contributed by atoms with van der Waals surface area (Å²) in [6, 6.07) is 4.15. The van der Waals surface area contributed by atoms with Gasteiger partial charge in [-0.2, -0.15) is 0 Å². The van der Waals surface area contributed by atoms with Crippen molar-refractivity contribution >= 4 is 29.7 Å². The molecule has 6 heteroatoms. The summed E-state index contributed by atoms with van der Waals surface area (Å²) in [4.78, 5) is 10.2. The number of non-ortho nitro benzene ring substituents is 1. The van der Waals surface area contributed by atoms with Crippen LogP contribution >= 0.6 is 24.0 Å². The van der Waals surface area contributed by atoms with Crippen LogP contribution in [0.1, 0.15) is 37.8 Å². The maximum atomic E-state index is 10.6. The Hall–Kier alpha value is -0.840. The van der Waals surface area contributed by atoms with Gasteiger partial charge < -0.3 is 5.73 Å². The minimum atomic E-state index is -0.438. The fourth-order valence-electron chi connectivity index (χ4n) is 1.51. The van der Waals surface area contributed by atoms with Crippen LogP contribution in [0.25, 0.3) is 0 Å². The second-order valence-electron chi connectivity index (χ2n) is 3.71. The monoisotopic (exact) mass is 278 g/mol. The SMILES string of the molecule is CCCC[C@H](N)c1cc([N+](=O)[O-])ccc1Cl.Cl. The third-order valence-electron chi connectivity index (χ3n) is 2.46. The maximum absolute atomic E-state index is 10.6. The van der Waals surface area contributed by atoms with Crippen molar-refractivity contribution in [1.82, 2.24) is 0 Å². The molecule has 1 aromatic rings. The van der Waals surface area contributed by atoms with Gasteiger partial charge in [0.1, 0.15) is 0 Å². The van der Waals surface area contributed by atoms with Crippen molar-refractivity contribution in [2.75, 3.05) is 0 Å². The molecule has 0 fully saturated rings. The van der Waals surface area contributed by atoms with E-state index >= 15 is 0 Å². The molecule has 0 amide bonds. The highest BCUT2D eigenvalue weighted by atomic mass is 35.5. The van der Waals surface area contributed by atoms with Crippen LogP contribution in [0.5, 0.6) is 0 Å². The minimum Gasteiger partial charge on any atom is -0.324 e. The Morgan fingerprint density at radius 3 is 2.71 bits per heavy atom. The Balaban J connectivity index is 0.00000256. The summed E-state index contributed by atoms with van der Waals surface area (Å²) >= 11 is 5.97.